The number of aryl methyl sites for hydroxylation is 1. The number of benzene rings is 2. The van der Waals surface area contributed by atoms with E-state index in [0.717, 1.165) is 25.7 Å². The number of hydrogen-bond acceptors (Lipinski definition) is 1. The zero-order chi connectivity index (χ0) is 15.0. The van der Waals surface area contributed by atoms with E-state index >= 15 is 0 Å². The van der Waals surface area contributed by atoms with Crippen molar-refractivity contribution in [2.45, 2.75) is 37.5 Å². The molecule has 2 aromatic carbocycles. The minimum Gasteiger partial charge on any atom is -0.295 e. The molecule has 0 heterocycles. The van der Waals surface area contributed by atoms with Gasteiger partial charge in [0, 0.05) is 11.8 Å². The molecule has 4 rings (SSSR count). The molecule has 2 aliphatic rings. The van der Waals surface area contributed by atoms with E-state index in [-0.39, 0.29) is 5.41 Å². The summed E-state index contributed by atoms with van der Waals surface area (Å²) < 4.78 is 0. The van der Waals surface area contributed by atoms with Crippen molar-refractivity contribution in [2.75, 3.05) is 0 Å². The molecule has 0 bridgehead atoms. The Balaban J connectivity index is 1.87. The van der Waals surface area contributed by atoms with Gasteiger partial charge in [0.1, 0.15) is 0 Å². The fourth-order valence-electron chi connectivity index (χ4n) is 4.24. The number of hydrogen-bond donors (Lipinski definition) is 0. The number of carbonyl (C=O) groups is 1. The van der Waals surface area contributed by atoms with Crippen LogP contribution in [0.2, 0.25) is 0 Å². The fourth-order valence-corrected chi connectivity index (χ4v) is 4.24. The zero-order valence-electron chi connectivity index (χ0n) is 12.7. The molecular formula is C21H20O. The van der Waals surface area contributed by atoms with Gasteiger partial charge in [0.15, 0.2) is 5.78 Å². The SMILES string of the molecule is O=C1C=C2CCc3ccccc3C2(Cc2ccccc2)CC1. The van der Waals surface area contributed by atoms with Crippen molar-refractivity contribution in [1.82, 2.24) is 0 Å². The molecular weight excluding hydrogens is 268 g/mol. The van der Waals surface area contributed by atoms with Crippen LogP contribution in [0.4, 0.5) is 0 Å². The summed E-state index contributed by atoms with van der Waals surface area (Å²) in [5, 5.41) is 0. The van der Waals surface area contributed by atoms with Gasteiger partial charge in [-0.1, -0.05) is 60.2 Å². The van der Waals surface area contributed by atoms with Crippen molar-refractivity contribution in [3.63, 3.8) is 0 Å². The maximum Gasteiger partial charge on any atom is 0.155 e. The van der Waals surface area contributed by atoms with Crippen LogP contribution in [-0.2, 0) is 23.1 Å². The van der Waals surface area contributed by atoms with Crippen LogP contribution in [0, 0.1) is 0 Å². The topological polar surface area (TPSA) is 17.1 Å². The van der Waals surface area contributed by atoms with Crippen LogP contribution in [-0.4, -0.2) is 5.78 Å². The van der Waals surface area contributed by atoms with Crippen LogP contribution in [0.5, 0.6) is 0 Å². The van der Waals surface area contributed by atoms with Crippen LogP contribution < -0.4 is 0 Å². The molecule has 22 heavy (non-hydrogen) atoms. The third kappa shape index (κ3) is 2.12. The largest absolute Gasteiger partial charge is 0.295 e. The molecule has 0 saturated carbocycles. The molecule has 1 heteroatoms. The van der Waals surface area contributed by atoms with Crippen molar-refractivity contribution in [2.24, 2.45) is 0 Å². The van der Waals surface area contributed by atoms with Gasteiger partial charge >= 0.3 is 0 Å². The van der Waals surface area contributed by atoms with Gasteiger partial charge in [0.25, 0.3) is 0 Å². The van der Waals surface area contributed by atoms with E-state index in [0.29, 0.717) is 12.2 Å². The van der Waals surface area contributed by atoms with Crippen molar-refractivity contribution >= 4 is 5.78 Å². The Bertz CT molecular complexity index is 742. The van der Waals surface area contributed by atoms with E-state index in [2.05, 4.69) is 54.6 Å². The Kier molecular flexibility index (Phi) is 3.22. The molecule has 0 aliphatic heterocycles. The van der Waals surface area contributed by atoms with Gasteiger partial charge in [0.05, 0.1) is 0 Å². The number of ketones is 1. The molecule has 0 spiro atoms. The van der Waals surface area contributed by atoms with E-state index in [1.165, 1.54) is 22.3 Å². The van der Waals surface area contributed by atoms with Crippen molar-refractivity contribution in [3.8, 4) is 0 Å². The highest BCUT2D eigenvalue weighted by atomic mass is 16.1. The number of fused-ring (bicyclic) bond motifs is 3. The van der Waals surface area contributed by atoms with Crippen LogP contribution in [0.1, 0.15) is 36.0 Å². The van der Waals surface area contributed by atoms with Crippen LogP contribution in [0.3, 0.4) is 0 Å². The Labute approximate surface area is 131 Å². The van der Waals surface area contributed by atoms with Gasteiger partial charge in [-0.15, -0.1) is 0 Å². The molecule has 2 aliphatic carbocycles. The summed E-state index contributed by atoms with van der Waals surface area (Å²) in [6, 6.07) is 19.5. The first kappa shape index (κ1) is 13.5. The summed E-state index contributed by atoms with van der Waals surface area (Å²) in [6.45, 7) is 0. The lowest BCUT2D eigenvalue weighted by Crippen LogP contribution is -2.39. The average molecular weight is 288 g/mol. The first-order chi connectivity index (χ1) is 10.8. The summed E-state index contributed by atoms with van der Waals surface area (Å²) in [5.41, 5.74) is 5.66. The first-order valence-corrected chi connectivity index (χ1v) is 8.14. The molecule has 0 aromatic heterocycles. The summed E-state index contributed by atoms with van der Waals surface area (Å²) in [5.74, 6) is 0.304. The second kappa shape index (κ2) is 5.24. The van der Waals surface area contributed by atoms with Crippen LogP contribution >= 0.6 is 0 Å². The minimum absolute atomic E-state index is 0.0319. The van der Waals surface area contributed by atoms with Gasteiger partial charge < -0.3 is 0 Å². The van der Waals surface area contributed by atoms with E-state index in [1.54, 1.807) is 0 Å². The second-order valence-electron chi connectivity index (χ2n) is 6.54. The minimum atomic E-state index is 0.0319. The van der Waals surface area contributed by atoms with Gasteiger partial charge in [-0.2, -0.15) is 0 Å². The Morgan fingerprint density at radius 1 is 0.864 bits per heavy atom. The highest BCUT2D eigenvalue weighted by Gasteiger charge is 2.42. The number of carbonyl (C=O) groups excluding carboxylic acids is 1. The highest BCUT2D eigenvalue weighted by molar-refractivity contribution is 5.92. The maximum atomic E-state index is 11.9. The Hall–Kier alpha value is -2.15. The van der Waals surface area contributed by atoms with Gasteiger partial charge in [0.2, 0.25) is 0 Å². The lowest BCUT2D eigenvalue weighted by Gasteiger charge is -2.44. The Morgan fingerprint density at radius 3 is 2.50 bits per heavy atom. The summed E-state index contributed by atoms with van der Waals surface area (Å²) in [4.78, 5) is 11.9. The van der Waals surface area contributed by atoms with E-state index < -0.39 is 0 Å². The molecule has 1 nitrogen and oxygen atoms in total. The number of allylic oxidation sites excluding steroid dienone is 2. The van der Waals surface area contributed by atoms with Crippen molar-refractivity contribution < 1.29 is 4.79 Å². The smallest absolute Gasteiger partial charge is 0.155 e. The molecule has 2 aromatic rings. The van der Waals surface area contributed by atoms with E-state index in [1.807, 2.05) is 6.08 Å². The molecule has 110 valence electrons. The predicted octanol–water partition coefficient (Wildman–Crippen LogP) is 4.40. The predicted molar refractivity (Wildman–Crippen MR) is 88.9 cm³/mol. The average Bonchev–Trinajstić information content (AvgIpc) is 2.56. The quantitative estimate of drug-likeness (QED) is 0.800. The van der Waals surface area contributed by atoms with E-state index in [4.69, 9.17) is 0 Å². The van der Waals surface area contributed by atoms with Crippen molar-refractivity contribution in [1.29, 1.82) is 0 Å². The van der Waals surface area contributed by atoms with Crippen LogP contribution in [0.15, 0.2) is 66.2 Å². The van der Waals surface area contributed by atoms with Gasteiger partial charge in [-0.3, -0.25) is 4.79 Å². The van der Waals surface area contributed by atoms with Gasteiger partial charge in [-0.25, -0.2) is 0 Å². The third-order valence-corrected chi connectivity index (χ3v) is 5.29. The molecule has 0 saturated heterocycles. The maximum absolute atomic E-state index is 11.9. The monoisotopic (exact) mass is 288 g/mol. The Morgan fingerprint density at radius 2 is 1.64 bits per heavy atom. The summed E-state index contributed by atoms with van der Waals surface area (Å²) in [7, 11) is 0. The zero-order valence-corrected chi connectivity index (χ0v) is 12.7. The van der Waals surface area contributed by atoms with Crippen LogP contribution in [0.25, 0.3) is 0 Å². The molecule has 0 fully saturated rings. The normalized spacial score (nSPS) is 23.5. The molecule has 0 amide bonds. The summed E-state index contributed by atoms with van der Waals surface area (Å²) >= 11 is 0. The molecule has 1 unspecified atom stereocenters. The fraction of sp³-hybridized carbons (Fsp3) is 0.286. The lowest BCUT2D eigenvalue weighted by molar-refractivity contribution is -0.115. The molecule has 1 atom stereocenters. The lowest BCUT2D eigenvalue weighted by atomic mass is 9.59. The second-order valence-corrected chi connectivity index (χ2v) is 6.54. The third-order valence-electron chi connectivity index (χ3n) is 5.29. The standard InChI is InChI=1S/C21H20O/c22-19-12-13-21(15-16-6-2-1-3-7-16)18(14-19)11-10-17-8-4-5-9-20(17)21/h1-9,14H,10-13,15H2. The highest BCUT2D eigenvalue weighted by Crippen LogP contribution is 2.48. The molecule has 0 N–H and O–H groups in total. The van der Waals surface area contributed by atoms with E-state index in [9.17, 15) is 4.79 Å². The number of rotatable bonds is 2. The van der Waals surface area contributed by atoms with Crippen molar-refractivity contribution in [3.05, 3.63) is 82.9 Å². The summed E-state index contributed by atoms with van der Waals surface area (Å²) in [6.07, 6.45) is 6.65. The first-order valence-electron chi connectivity index (χ1n) is 8.14. The van der Waals surface area contributed by atoms with Gasteiger partial charge in [-0.05, 0) is 48.4 Å². The molecule has 0 radical (unpaired) electrons.